The van der Waals surface area contributed by atoms with Crippen LogP contribution >= 0.6 is 0 Å². The number of carbonyl (C=O) groups is 3. The summed E-state index contributed by atoms with van der Waals surface area (Å²) in [7, 11) is 3.31. The molecule has 0 saturated carbocycles. The fourth-order valence-electron chi connectivity index (χ4n) is 6.23. The Hall–Kier alpha value is -3.83. The number of likely N-dealkylation sites (tertiary alicyclic amines) is 1. The number of rotatable bonds is 7. The standard InChI is InChI=1S/C37H55N5O6/c1-29-37(45)40(2)19-9-10-22-42(27-31-12-5-6-13-32(31)47-25-24-41-20-7-4-8-21-41)23-11-18-38-35(43)17-15-30-14-16-33(46-3)34(26-30)48-28-36(44)39-29/h5-6,12-14,16,26,29H,4,7-11,15,17-25,27-28H2,1-3H3,(H,38,43)(H,39,44)/t29-/m0/s1. The van der Waals surface area contributed by atoms with E-state index in [2.05, 4.69) is 38.6 Å². The van der Waals surface area contributed by atoms with Crippen molar-refractivity contribution in [3.63, 3.8) is 0 Å². The molecule has 2 aliphatic heterocycles. The van der Waals surface area contributed by atoms with Gasteiger partial charge in [0.1, 0.15) is 18.4 Å². The smallest absolute Gasteiger partial charge is 0.258 e. The summed E-state index contributed by atoms with van der Waals surface area (Å²) in [5.74, 6) is 1.28. The SMILES string of the molecule is COc1ccc2cc1OCC(=O)N[C@@H](C)C(=O)N(C)CCCCN(Cc1ccccc1OCCN1CCCCC1)CCCNC(=O)CC2. The Labute approximate surface area is 286 Å². The van der Waals surface area contributed by atoms with E-state index in [-0.39, 0.29) is 18.4 Å². The zero-order valence-corrected chi connectivity index (χ0v) is 29.1. The lowest BCUT2D eigenvalue weighted by atomic mass is 10.1. The molecule has 0 unspecified atom stereocenters. The molecule has 0 radical (unpaired) electrons. The van der Waals surface area contributed by atoms with Crippen molar-refractivity contribution >= 4 is 17.7 Å². The number of aryl methyl sites for hydroxylation is 1. The van der Waals surface area contributed by atoms with Gasteiger partial charge in [-0.2, -0.15) is 0 Å². The van der Waals surface area contributed by atoms with E-state index in [0.717, 1.165) is 75.4 Å². The van der Waals surface area contributed by atoms with Crippen molar-refractivity contribution < 1.29 is 28.6 Å². The van der Waals surface area contributed by atoms with Crippen LogP contribution in [0.2, 0.25) is 0 Å². The Bertz CT molecular complexity index is 1320. The molecule has 0 aliphatic carbocycles. The van der Waals surface area contributed by atoms with Gasteiger partial charge in [-0.1, -0.05) is 30.7 Å². The van der Waals surface area contributed by atoms with Crippen molar-refractivity contribution in [1.82, 2.24) is 25.3 Å². The van der Waals surface area contributed by atoms with Crippen LogP contribution in [0.4, 0.5) is 0 Å². The van der Waals surface area contributed by atoms with Crippen molar-refractivity contribution in [3.8, 4) is 17.2 Å². The van der Waals surface area contributed by atoms with Crippen molar-refractivity contribution in [2.75, 3.05) is 73.2 Å². The first-order chi connectivity index (χ1) is 23.3. The number of piperidine rings is 1. The maximum absolute atomic E-state index is 13.0. The summed E-state index contributed by atoms with van der Waals surface area (Å²) in [5.41, 5.74) is 2.05. The third-order valence-corrected chi connectivity index (χ3v) is 9.02. The summed E-state index contributed by atoms with van der Waals surface area (Å²) < 4.78 is 17.5. The third kappa shape index (κ3) is 12.3. The predicted molar refractivity (Wildman–Crippen MR) is 186 cm³/mol. The van der Waals surface area contributed by atoms with Crippen LogP contribution in [-0.2, 0) is 27.3 Å². The van der Waals surface area contributed by atoms with Gasteiger partial charge in [-0.3, -0.25) is 24.2 Å². The number of nitrogens with zero attached hydrogens (tertiary/aromatic N) is 3. The van der Waals surface area contributed by atoms with Gasteiger partial charge in [-0.15, -0.1) is 0 Å². The van der Waals surface area contributed by atoms with E-state index in [1.807, 2.05) is 12.1 Å². The summed E-state index contributed by atoms with van der Waals surface area (Å²) >= 11 is 0. The molecule has 2 aromatic rings. The molecule has 2 heterocycles. The number of ether oxygens (including phenoxy) is 3. The Kier molecular flexibility index (Phi) is 15.3. The Morgan fingerprint density at radius 3 is 2.38 bits per heavy atom. The summed E-state index contributed by atoms with van der Waals surface area (Å²) in [5, 5.41) is 5.83. The van der Waals surface area contributed by atoms with Crippen LogP contribution in [0.5, 0.6) is 17.2 Å². The first-order valence-corrected chi connectivity index (χ1v) is 17.6. The Morgan fingerprint density at radius 1 is 0.833 bits per heavy atom. The largest absolute Gasteiger partial charge is 0.493 e. The number of amides is 3. The van der Waals surface area contributed by atoms with Gasteiger partial charge in [-0.25, -0.2) is 0 Å². The van der Waals surface area contributed by atoms with E-state index >= 15 is 0 Å². The Balaban J connectivity index is 1.39. The minimum atomic E-state index is -0.682. The molecule has 2 N–H and O–H groups in total. The molecule has 4 rings (SSSR count). The first-order valence-electron chi connectivity index (χ1n) is 17.6. The number of likely N-dealkylation sites (N-methyl/N-ethyl adjacent to an activating group) is 1. The van der Waals surface area contributed by atoms with Gasteiger partial charge in [0.25, 0.3) is 5.91 Å². The minimum Gasteiger partial charge on any atom is -0.493 e. The molecule has 11 nitrogen and oxygen atoms in total. The number of fused-ring (bicyclic) bond motifs is 2. The minimum absolute atomic E-state index is 0.00417. The molecule has 2 aromatic carbocycles. The second-order valence-corrected chi connectivity index (χ2v) is 12.9. The molecule has 2 bridgehead atoms. The lowest BCUT2D eigenvalue weighted by Crippen LogP contribution is -2.47. The second kappa shape index (κ2) is 19.9. The lowest BCUT2D eigenvalue weighted by molar-refractivity contribution is -0.135. The molecule has 264 valence electrons. The molecular formula is C37H55N5O6. The molecule has 11 heteroatoms. The average Bonchev–Trinajstić information content (AvgIpc) is 3.10. The van der Waals surface area contributed by atoms with E-state index in [1.54, 1.807) is 31.0 Å². The topological polar surface area (TPSA) is 113 Å². The molecule has 2 aliphatic rings. The molecular weight excluding hydrogens is 610 g/mol. The van der Waals surface area contributed by atoms with Crippen LogP contribution in [0.25, 0.3) is 0 Å². The van der Waals surface area contributed by atoms with Crippen LogP contribution < -0.4 is 24.8 Å². The van der Waals surface area contributed by atoms with Gasteiger partial charge in [0, 0.05) is 51.8 Å². The molecule has 48 heavy (non-hydrogen) atoms. The molecule has 0 aromatic heterocycles. The van der Waals surface area contributed by atoms with Gasteiger partial charge in [-0.05, 0) is 88.8 Å². The summed E-state index contributed by atoms with van der Waals surface area (Å²) in [6.45, 7) is 8.94. The van der Waals surface area contributed by atoms with E-state index in [0.29, 0.717) is 44.0 Å². The molecule has 1 atom stereocenters. The second-order valence-electron chi connectivity index (χ2n) is 12.9. The number of methoxy groups -OCH3 is 1. The van der Waals surface area contributed by atoms with Gasteiger partial charge >= 0.3 is 0 Å². The molecule has 3 amide bonds. The van der Waals surface area contributed by atoms with Crippen molar-refractivity contribution in [2.24, 2.45) is 0 Å². The number of benzene rings is 2. The van der Waals surface area contributed by atoms with E-state index in [1.165, 1.54) is 26.4 Å². The number of para-hydroxylation sites is 1. The highest BCUT2D eigenvalue weighted by Crippen LogP contribution is 2.28. The summed E-state index contributed by atoms with van der Waals surface area (Å²) in [6.07, 6.45) is 7.26. The van der Waals surface area contributed by atoms with Crippen molar-refractivity contribution in [1.29, 1.82) is 0 Å². The number of nitrogens with one attached hydrogen (secondary N) is 2. The maximum atomic E-state index is 13.0. The number of hydrogen-bond donors (Lipinski definition) is 2. The van der Waals surface area contributed by atoms with E-state index < -0.39 is 11.9 Å². The zero-order chi connectivity index (χ0) is 34.1. The average molecular weight is 666 g/mol. The first kappa shape index (κ1) is 37.0. The van der Waals surface area contributed by atoms with Crippen molar-refractivity contribution in [2.45, 2.75) is 70.9 Å². The van der Waals surface area contributed by atoms with Gasteiger partial charge in [0.05, 0.1) is 7.11 Å². The fourth-order valence-corrected chi connectivity index (χ4v) is 6.23. The number of hydrogen-bond acceptors (Lipinski definition) is 8. The monoisotopic (exact) mass is 665 g/mol. The fraction of sp³-hybridized carbons (Fsp3) is 0.595. The van der Waals surface area contributed by atoms with Gasteiger partial charge < -0.3 is 29.7 Å². The van der Waals surface area contributed by atoms with Gasteiger partial charge in [0.15, 0.2) is 18.1 Å². The molecule has 0 spiro atoms. The lowest BCUT2D eigenvalue weighted by Gasteiger charge is -2.27. The van der Waals surface area contributed by atoms with E-state index in [4.69, 9.17) is 14.2 Å². The quantitative estimate of drug-likeness (QED) is 0.462. The van der Waals surface area contributed by atoms with Crippen LogP contribution in [0.1, 0.15) is 63.0 Å². The van der Waals surface area contributed by atoms with Crippen LogP contribution in [0, 0.1) is 0 Å². The molecule has 1 fully saturated rings. The van der Waals surface area contributed by atoms with Crippen LogP contribution in [-0.4, -0.2) is 112 Å². The van der Waals surface area contributed by atoms with E-state index in [9.17, 15) is 14.4 Å². The van der Waals surface area contributed by atoms with Crippen LogP contribution in [0.15, 0.2) is 42.5 Å². The number of carbonyl (C=O) groups excluding carboxylic acids is 3. The summed E-state index contributed by atoms with van der Waals surface area (Å²) in [4.78, 5) is 45.0. The van der Waals surface area contributed by atoms with Gasteiger partial charge in [0.2, 0.25) is 11.8 Å². The third-order valence-electron chi connectivity index (χ3n) is 9.02. The Morgan fingerprint density at radius 2 is 1.56 bits per heavy atom. The van der Waals surface area contributed by atoms with Crippen LogP contribution in [0.3, 0.4) is 0 Å². The maximum Gasteiger partial charge on any atom is 0.258 e. The highest BCUT2D eigenvalue weighted by atomic mass is 16.5. The summed E-state index contributed by atoms with van der Waals surface area (Å²) in [6, 6.07) is 13.0. The highest BCUT2D eigenvalue weighted by molar-refractivity contribution is 5.87. The highest BCUT2D eigenvalue weighted by Gasteiger charge is 2.20. The molecule has 1 saturated heterocycles. The van der Waals surface area contributed by atoms with Crippen molar-refractivity contribution in [3.05, 3.63) is 53.6 Å². The zero-order valence-electron chi connectivity index (χ0n) is 29.1. The normalized spacial score (nSPS) is 20.4. The predicted octanol–water partition coefficient (Wildman–Crippen LogP) is 3.64.